The van der Waals surface area contributed by atoms with Crippen molar-refractivity contribution in [3.8, 4) is 0 Å². The maximum absolute atomic E-state index is 12.4. The van der Waals surface area contributed by atoms with Crippen LogP contribution in [-0.4, -0.2) is 11.8 Å². The van der Waals surface area contributed by atoms with Crippen molar-refractivity contribution in [2.75, 3.05) is 5.32 Å². The van der Waals surface area contributed by atoms with E-state index in [2.05, 4.69) is 10.6 Å². The first-order valence-corrected chi connectivity index (χ1v) is 9.45. The van der Waals surface area contributed by atoms with Gasteiger partial charge in [0.15, 0.2) is 0 Å². The SMILES string of the molecule is O=C(CCc1ccccc1Cl)NCc1cccc(C(=O)Nc2ccccc2)c1. The third-order valence-electron chi connectivity index (χ3n) is 4.29. The summed E-state index contributed by atoms with van der Waals surface area (Å²) in [7, 11) is 0. The van der Waals surface area contributed by atoms with Crippen molar-refractivity contribution in [1.82, 2.24) is 5.32 Å². The van der Waals surface area contributed by atoms with Gasteiger partial charge in [0.25, 0.3) is 5.91 Å². The number of anilines is 1. The van der Waals surface area contributed by atoms with Crippen molar-refractivity contribution in [3.63, 3.8) is 0 Å². The van der Waals surface area contributed by atoms with E-state index in [0.29, 0.717) is 30.0 Å². The Morgan fingerprint density at radius 2 is 1.61 bits per heavy atom. The number of carbonyl (C=O) groups is 2. The largest absolute Gasteiger partial charge is 0.352 e. The van der Waals surface area contributed by atoms with Crippen molar-refractivity contribution in [3.05, 3.63) is 101 Å². The van der Waals surface area contributed by atoms with E-state index in [9.17, 15) is 9.59 Å². The van der Waals surface area contributed by atoms with E-state index >= 15 is 0 Å². The molecule has 28 heavy (non-hydrogen) atoms. The lowest BCUT2D eigenvalue weighted by molar-refractivity contribution is -0.121. The highest BCUT2D eigenvalue weighted by Gasteiger charge is 2.08. The van der Waals surface area contributed by atoms with Gasteiger partial charge in [0.1, 0.15) is 0 Å². The first kappa shape index (κ1) is 19.6. The van der Waals surface area contributed by atoms with Crippen LogP contribution in [0.4, 0.5) is 5.69 Å². The van der Waals surface area contributed by atoms with Gasteiger partial charge in [-0.3, -0.25) is 9.59 Å². The number of hydrogen-bond acceptors (Lipinski definition) is 2. The number of carbonyl (C=O) groups excluding carboxylic acids is 2. The Hall–Kier alpha value is -3.11. The van der Waals surface area contributed by atoms with E-state index in [-0.39, 0.29) is 11.8 Å². The number of halogens is 1. The third kappa shape index (κ3) is 5.69. The molecule has 0 bridgehead atoms. The standard InChI is InChI=1S/C23H21ClN2O2/c24-21-12-5-4-8-18(21)13-14-22(27)25-16-17-7-6-9-19(15-17)23(28)26-20-10-2-1-3-11-20/h1-12,15H,13-14,16H2,(H,25,27)(H,26,28). The summed E-state index contributed by atoms with van der Waals surface area (Å²) in [5, 5.41) is 6.42. The van der Waals surface area contributed by atoms with E-state index in [4.69, 9.17) is 11.6 Å². The van der Waals surface area contributed by atoms with Crippen molar-refractivity contribution < 1.29 is 9.59 Å². The average Bonchev–Trinajstić information content (AvgIpc) is 2.72. The van der Waals surface area contributed by atoms with Gasteiger partial charge in [0, 0.05) is 29.2 Å². The van der Waals surface area contributed by atoms with Gasteiger partial charge >= 0.3 is 0 Å². The molecule has 3 rings (SSSR count). The van der Waals surface area contributed by atoms with E-state index in [0.717, 1.165) is 16.8 Å². The number of nitrogens with one attached hydrogen (secondary N) is 2. The Balaban J connectivity index is 1.52. The number of aryl methyl sites for hydroxylation is 1. The summed E-state index contributed by atoms with van der Waals surface area (Å²) in [6.45, 7) is 0.369. The van der Waals surface area contributed by atoms with Gasteiger partial charge in [0.2, 0.25) is 5.91 Å². The molecule has 0 fully saturated rings. The second kappa shape index (κ2) is 9.72. The van der Waals surface area contributed by atoms with Gasteiger partial charge in [-0.15, -0.1) is 0 Å². The fourth-order valence-corrected chi connectivity index (χ4v) is 3.02. The fourth-order valence-electron chi connectivity index (χ4n) is 2.79. The number of hydrogen-bond donors (Lipinski definition) is 2. The summed E-state index contributed by atoms with van der Waals surface area (Å²) in [5.41, 5.74) is 3.11. The highest BCUT2D eigenvalue weighted by Crippen LogP contribution is 2.16. The summed E-state index contributed by atoms with van der Waals surface area (Å²) >= 11 is 6.12. The number of amides is 2. The molecule has 2 amide bonds. The van der Waals surface area contributed by atoms with E-state index in [1.54, 1.807) is 12.1 Å². The number of rotatable bonds is 7. The predicted molar refractivity (Wildman–Crippen MR) is 112 cm³/mol. The highest BCUT2D eigenvalue weighted by molar-refractivity contribution is 6.31. The van der Waals surface area contributed by atoms with Crippen LogP contribution in [0.3, 0.4) is 0 Å². The van der Waals surface area contributed by atoms with E-state index in [1.807, 2.05) is 66.7 Å². The Kier molecular flexibility index (Phi) is 6.82. The average molecular weight is 393 g/mol. The Morgan fingerprint density at radius 1 is 0.857 bits per heavy atom. The van der Waals surface area contributed by atoms with Gasteiger partial charge in [0.05, 0.1) is 0 Å². The molecule has 4 nitrogen and oxygen atoms in total. The van der Waals surface area contributed by atoms with Crippen LogP contribution < -0.4 is 10.6 Å². The molecule has 0 atom stereocenters. The van der Waals surface area contributed by atoms with Crippen molar-refractivity contribution in [2.24, 2.45) is 0 Å². The number of benzene rings is 3. The molecule has 0 spiro atoms. The molecule has 3 aromatic rings. The molecular formula is C23H21ClN2O2. The predicted octanol–water partition coefficient (Wildman–Crippen LogP) is 4.84. The Bertz CT molecular complexity index is 958. The van der Waals surface area contributed by atoms with Crippen LogP contribution >= 0.6 is 11.6 Å². The molecule has 0 radical (unpaired) electrons. The van der Waals surface area contributed by atoms with Crippen molar-refractivity contribution in [2.45, 2.75) is 19.4 Å². The monoisotopic (exact) mass is 392 g/mol. The van der Waals surface area contributed by atoms with Crippen LogP contribution in [0.25, 0.3) is 0 Å². The summed E-state index contributed by atoms with van der Waals surface area (Å²) in [6, 6.07) is 24.0. The van der Waals surface area contributed by atoms with Crippen LogP contribution in [0.15, 0.2) is 78.9 Å². The smallest absolute Gasteiger partial charge is 0.255 e. The van der Waals surface area contributed by atoms with Crippen LogP contribution in [0.5, 0.6) is 0 Å². The molecular weight excluding hydrogens is 372 g/mol. The quantitative estimate of drug-likeness (QED) is 0.604. The van der Waals surface area contributed by atoms with E-state index in [1.165, 1.54) is 0 Å². The zero-order chi connectivity index (χ0) is 19.8. The van der Waals surface area contributed by atoms with Crippen molar-refractivity contribution in [1.29, 1.82) is 0 Å². The minimum Gasteiger partial charge on any atom is -0.352 e. The lowest BCUT2D eigenvalue weighted by Gasteiger charge is -2.09. The minimum absolute atomic E-state index is 0.0564. The third-order valence-corrected chi connectivity index (χ3v) is 4.66. The van der Waals surface area contributed by atoms with Gasteiger partial charge in [-0.1, -0.05) is 60.1 Å². The lowest BCUT2D eigenvalue weighted by Crippen LogP contribution is -2.23. The molecule has 0 aliphatic heterocycles. The zero-order valence-corrected chi connectivity index (χ0v) is 16.1. The maximum Gasteiger partial charge on any atom is 0.255 e. The summed E-state index contributed by atoms with van der Waals surface area (Å²) < 4.78 is 0. The van der Waals surface area contributed by atoms with Crippen LogP contribution in [0.1, 0.15) is 27.9 Å². The molecule has 0 saturated carbocycles. The molecule has 0 aliphatic carbocycles. The Labute approximate surface area is 169 Å². The number of para-hydroxylation sites is 1. The minimum atomic E-state index is -0.182. The topological polar surface area (TPSA) is 58.2 Å². The summed E-state index contributed by atoms with van der Waals surface area (Å²) in [5.74, 6) is -0.239. The molecule has 2 N–H and O–H groups in total. The van der Waals surface area contributed by atoms with Crippen LogP contribution in [-0.2, 0) is 17.8 Å². The second-order valence-electron chi connectivity index (χ2n) is 6.39. The van der Waals surface area contributed by atoms with Gasteiger partial charge < -0.3 is 10.6 Å². The van der Waals surface area contributed by atoms with Gasteiger partial charge in [-0.25, -0.2) is 0 Å². The van der Waals surface area contributed by atoms with Gasteiger partial charge in [-0.05, 0) is 47.9 Å². The molecule has 5 heteroatoms. The second-order valence-corrected chi connectivity index (χ2v) is 6.80. The normalized spacial score (nSPS) is 10.3. The maximum atomic E-state index is 12.4. The summed E-state index contributed by atoms with van der Waals surface area (Å²) in [6.07, 6.45) is 0.947. The Morgan fingerprint density at radius 3 is 2.39 bits per heavy atom. The molecule has 142 valence electrons. The van der Waals surface area contributed by atoms with Crippen LogP contribution in [0, 0.1) is 0 Å². The fraction of sp³-hybridized carbons (Fsp3) is 0.130. The van der Waals surface area contributed by atoms with Crippen molar-refractivity contribution >= 4 is 29.1 Å². The first-order chi connectivity index (χ1) is 13.6. The molecule has 3 aromatic carbocycles. The zero-order valence-electron chi connectivity index (χ0n) is 15.3. The molecule has 0 unspecified atom stereocenters. The van der Waals surface area contributed by atoms with Gasteiger partial charge in [-0.2, -0.15) is 0 Å². The highest BCUT2D eigenvalue weighted by atomic mass is 35.5. The molecule has 0 aliphatic rings. The van der Waals surface area contributed by atoms with E-state index < -0.39 is 0 Å². The lowest BCUT2D eigenvalue weighted by atomic mass is 10.1. The molecule has 0 heterocycles. The van der Waals surface area contributed by atoms with Crippen LogP contribution in [0.2, 0.25) is 5.02 Å². The first-order valence-electron chi connectivity index (χ1n) is 9.07. The summed E-state index contributed by atoms with van der Waals surface area (Å²) in [4.78, 5) is 24.5. The molecule has 0 saturated heterocycles. The molecule has 0 aromatic heterocycles.